The first-order valence-corrected chi connectivity index (χ1v) is 7.15. The fraction of sp³-hybridized carbons (Fsp3) is 0.231. The summed E-state index contributed by atoms with van der Waals surface area (Å²) in [5.74, 6) is -0.128. The van der Waals surface area contributed by atoms with Crippen LogP contribution in [-0.4, -0.2) is 0 Å². The molecule has 0 bridgehead atoms. The van der Waals surface area contributed by atoms with Crippen LogP contribution in [0, 0.1) is 5.82 Å². The van der Waals surface area contributed by atoms with Gasteiger partial charge in [-0.1, -0.05) is 6.07 Å². The van der Waals surface area contributed by atoms with E-state index in [0.29, 0.717) is 6.61 Å². The van der Waals surface area contributed by atoms with Crippen LogP contribution in [0.2, 0.25) is 0 Å². The van der Waals surface area contributed by atoms with Gasteiger partial charge in [-0.05, 0) is 52.0 Å². The number of rotatable bonds is 4. The summed E-state index contributed by atoms with van der Waals surface area (Å²) in [6.07, 6.45) is 0. The Kier molecular flexibility index (Phi) is 4.37. The minimum atomic E-state index is -0.377. The summed E-state index contributed by atoms with van der Waals surface area (Å²) in [6.45, 7) is 2.17. The number of halogens is 2. The zero-order chi connectivity index (χ0) is 13.1. The summed E-state index contributed by atoms with van der Waals surface area (Å²) in [7, 11) is 0. The second kappa shape index (κ2) is 5.82. The van der Waals surface area contributed by atoms with Gasteiger partial charge in [0.25, 0.3) is 0 Å². The predicted molar refractivity (Wildman–Crippen MR) is 75.4 cm³/mol. The quantitative estimate of drug-likeness (QED) is 0.910. The van der Waals surface area contributed by atoms with E-state index in [1.54, 1.807) is 23.5 Å². The molecule has 0 aliphatic heterocycles. The molecule has 0 aliphatic carbocycles. The molecule has 0 saturated heterocycles. The maximum atomic E-state index is 13.8. The van der Waals surface area contributed by atoms with Crippen LogP contribution < -0.4 is 10.5 Å². The van der Waals surface area contributed by atoms with Gasteiger partial charge < -0.3 is 10.5 Å². The van der Waals surface area contributed by atoms with Crippen molar-refractivity contribution in [1.29, 1.82) is 0 Å². The minimum Gasteiger partial charge on any atom is -0.485 e. The number of hydrogen-bond donors (Lipinski definition) is 1. The molecule has 0 amide bonds. The lowest BCUT2D eigenvalue weighted by Crippen LogP contribution is -2.05. The highest BCUT2D eigenvalue weighted by Crippen LogP contribution is 2.26. The minimum absolute atomic E-state index is 0.181. The third-order valence-electron chi connectivity index (χ3n) is 2.53. The second-order valence-corrected chi connectivity index (χ2v) is 5.81. The predicted octanol–water partition coefficient (Wildman–Crippen LogP) is 4.25. The normalized spacial score (nSPS) is 12.4. The fourth-order valence-electron chi connectivity index (χ4n) is 1.49. The van der Waals surface area contributed by atoms with Crippen LogP contribution >= 0.6 is 27.3 Å². The Morgan fingerprint density at radius 2 is 2.22 bits per heavy atom. The molecule has 0 spiro atoms. The molecule has 0 radical (unpaired) electrons. The maximum absolute atomic E-state index is 13.8. The van der Waals surface area contributed by atoms with E-state index in [1.165, 1.54) is 6.07 Å². The summed E-state index contributed by atoms with van der Waals surface area (Å²) in [5, 5.41) is 1.96. The standard InChI is InChI=1S/C13H13BrFNOS/c1-8(16)9-2-3-12(11(15)6-9)17-7-13-10(14)4-5-18-13/h2-6,8H,7,16H2,1H3/t8-/m1/s1. The van der Waals surface area contributed by atoms with Crippen LogP contribution in [0.3, 0.4) is 0 Å². The molecule has 96 valence electrons. The van der Waals surface area contributed by atoms with E-state index in [2.05, 4.69) is 15.9 Å². The Hall–Kier alpha value is -0.910. The van der Waals surface area contributed by atoms with Crippen molar-refractivity contribution in [2.75, 3.05) is 0 Å². The lowest BCUT2D eigenvalue weighted by molar-refractivity contribution is 0.292. The van der Waals surface area contributed by atoms with Crippen LogP contribution in [0.5, 0.6) is 5.75 Å². The third-order valence-corrected chi connectivity index (χ3v) is 4.43. The summed E-state index contributed by atoms with van der Waals surface area (Å²) in [6, 6.07) is 6.59. The zero-order valence-electron chi connectivity index (χ0n) is 9.82. The van der Waals surface area contributed by atoms with Crippen molar-refractivity contribution in [2.45, 2.75) is 19.6 Å². The van der Waals surface area contributed by atoms with Gasteiger partial charge in [0, 0.05) is 10.5 Å². The van der Waals surface area contributed by atoms with Crippen LogP contribution in [-0.2, 0) is 6.61 Å². The van der Waals surface area contributed by atoms with Crippen molar-refractivity contribution in [3.05, 3.63) is 50.4 Å². The van der Waals surface area contributed by atoms with Gasteiger partial charge in [-0.2, -0.15) is 0 Å². The Bertz CT molecular complexity index is 542. The monoisotopic (exact) mass is 329 g/mol. The van der Waals surface area contributed by atoms with Crippen molar-refractivity contribution < 1.29 is 9.13 Å². The molecule has 5 heteroatoms. The highest BCUT2D eigenvalue weighted by atomic mass is 79.9. The lowest BCUT2D eigenvalue weighted by Gasteiger charge is -2.10. The van der Waals surface area contributed by atoms with Gasteiger partial charge in [-0.25, -0.2) is 4.39 Å². The summed E-state index contributed by atoms with van der Waals surface area (Å²) < 4.78 is 20.2. The molecule has 0 fully saturated rings. The van der Waals surface area contributed by atoms with E-state index in [4.69, 9.17) is 10.5 Å². The Morgan fingerprint density at radius 3 is 2.78 bits per heavy atom. The average molecular weight is 330 g/mol. The molecule has 2 aromatic rings. The Morgan fingerprint density at radius 1 is 1.44 bits per heavy atom. The molecular weight excluding hydrogens is 317 g/mol. The number of hydrogen-bond acceptors (Lipinski definition) is 3. The first kappa shape index (κ1) is 13.5. The molecule has 1 aromatic heterocycles. The molecule has 0 unspecified atom stereocenters. The van der Waals surface area contributed by atoms with Gasteiger partial charge >= 0.3 is 0 Å². The van der Waals surface area contributed by atoms with Gasteiger partial charge in [-0.3, -0.25) is 0 Å². The average Bonchev–Trinajstić information content (AvgIpc) is 2.73. The van der Waals surface area contributed by atoms with Gasteiger partial charge in [0.05, 0.1) is 4.88 Å². The Balaban J connectivity index is 2.08. The van der Waals surface area contributed by atoms with Crippen molar-refractivity contribution in [3.63, 3.8) is 0 Å². The molecule has 1 aromatic carbocycles. The van der Waals surface area contributed by atoms with E-state index in [1.807, 2.05) is 18.4 Å². The van der Waals surface area contributed by atoms with Crippen molar-refractivity contribution >= 4 is 27.3 Å². The maximum Gasteiger partial charge on any atom is 0.165 e. The molecule has 1 heterocycles. The van der Waals surface area contributed by atoms with Crippen molar-refractivity contribution in [2.24, 2.45) is 5.73 Å². The third kappa shape index (κ3) is 3.10. The molecule has 2 nitrogen and oxygen atoms in total. The second-order valence-electron chi connectivity index (χ2n) is 3.96. The number of ether oxygens (including phenoxy) is 1. The molecular formula is C13H13BrFNOS. The largest absolute Gasteiger partial charge is 0.485 e. The topological polar surface area (TPSA) is 35.2 Å². The van der Waals surface area contributed by atoms with E-state index in [0.717, 1.165) is 14.9 Å². The highest BCUT2D eigenvalue weighted by Gasteiger charge is 2.09. The summed E-state index contributed by atoms with van der Waals surface area (Å²) in [4.78, 5) is 1.03. The molecule has 0 aliphatic rings. The first-order chi connectivity index (χ1) is 8.58. The highest BCUT2D eigenvalue weighted by molar-refractivity contribution is 9.10. The van der Waals surface area contributed by atoms with Gasteiger partial charge in [0.2, 0.25) is 0 Å². The zero-order valence-corrected chi connectivity index (χ0v) is 12.2. The Labute approximate surface area is 118 Å². The molecule has 2 rings (SSSR count). The number of benzene rings is 1. The molecule has 18 heavy (non-hydrogen) atoms. The lowest BCUT2D eigenvalue weighted by atomic mass is 10.1. The molecule has 0 saturated carbocycles. The van der Waals surface area contributed by atoms with Crippen LogP contribution in [0.4, 0.5) is 4.39 Å². The van der Waals surface area contributed by atoms with Crippen molar-refractivity contribution in [1.82, 2.24) is 0 Å². The van der Waals surface area contributed by atoms with Gasteiger partial charge in [0.1, 0.15) is 6.61 Å². The summed E-state index contributed by atoms with van der Waals surface area (Å²) >= 11 is 4.98. The first-order valence-electron chi connectivity index (χ1n) is 5.47. The van der Waals surface area contributed by atoms with E-state index < -0.39 is 0 Å². The van der Waals surface area contributed by atoms with Crippen LogP contribution in [0.15, 0.2) is 34.1 Å². The van der Waals surface area contributed by atoms with Crippen molar-refractivity contribution in [3.8, 4) is 5.75 Å². The number of nitrogens with two attached hydrogens (primary N) is 1. The smallest absolute Gasteiger partial charge is 0.165 e. The van der Waals surface area contributed by atoms with Gasteiger partial charge in [0.15, 0.2) is 11.6 Å². The van der Waals surface area contributed by atoms with Gasteiger partial charge in [-0.15, -0.1) is 11.3 Å². The summed E-state index contributed by atoms with van der Waals surface area (Å²) in [5.41, 5.74) is 6.45. The fourth-order valence-corrected chi connectivity index (χ4v) is 2.87. The van der Waals surface area contributed by atoms with Crippen LogP contribution in [0.1, 0.15) is 23.4 Å². The van der Waals surface area contributed by atoms with E-state index in [-0.39, 0.29) is 17.6 Å². The van der Waals surface area contributed by atoms with E-state index >= 15 is 0 Å². The SMILES string of the molecule is C[C@@H](N)c1ccc(OCc2sccc2Br)c(F)c1. The molecule has 2 N–H and O–H groups in total. The van der Waals surface area contributed by atoms with Crippen LogP contribution in [0.25, 0.3) is 0 Å². The molecule has 1 atom stereocenters. The van der Waals surface area contributed by atoms with E-state index in [9.17, 15) is 4.39 Å². The number of thiophene rings is 1.